The molecule has 5 nitrogen and oxygen atoms in total. The number of nitrogens with two attached hydrogens (primary N) is 1. The van der Waals surface area contributed by atoms with Crippen LogP contribution in [-0.4, -0.2) is 43.8 Å². The SMILES string of the molecule is CNC(=O)CC(CN)NCCCO. The topological polar surface area (TPSA) is 87.4 Å². The smallest absolute Gasteiger partial charge is 0.221 e. The van der Waals surface area contributed by atoms with Gasteiger partial charge in [0.15, 0.2) is 0 Å². The fourth-order valence-corrected chi connectivity index (χ4v) is 0.950. The minimum absolute atomic E-state index is 0.00602. The molecule has 0 aromatic rings. The van der Waals surface area contributed by atoms with E-state index in [9.17, 15) is 4.79 Å². The molecule has 0 bridgehead atoms. The Balaban J connectivity index is 3.56. The minimum atomic E-state index is -0.0213. The molecule has 0 aliphatic heterocycles. The van der Waals surface area contributed by atoms with Crippen LogP contribution in [0.15, 0.2) is 0 Å². The van der Waals surface area contributed by atoms with E-state index in [-0.39, 0.29) is 18.6 Å². The lowest BCUT2D eigenvalue weighted by molar-refractivity contribution is -0.121. The summed E-state index contributed by atoms with van der Waals surface area (Å²) in [6.07, 6.45) is 1.07. The van der Waals surface area contributed by atoms with E-state index in [1.165, 1.54) is 0 Å². The third-order valence-corrected chi connectivity index (χ3v) is 1.76. The van der Waals surface area contributed by atoms with Crippen LogP contribution in [0, 0.1) is 0 Å². The fraction of sp³-hybridized carbons (Fsp3) is 0.875. The molecular weight excluding hydrogens is 170 g/mol. The summed E-state index contributed by atoms with van der Waals surface area (Å²) in [7, 11) is 1.60. The van der Waals surface area contributed by atoms with Crippen molar-refractivity contribution in [3.63, 3.8) is 0 Å². The standard InChI is InChI=1S/C8H19N3O2/c1-10-8(13)5-7(6-9)11-3-2-4-12/h7,11-12H,2-6,9H2,1H3,(H,10,13). The molecule has 0 fully saturated rings. The van der Waals surface area contributed by atoms with Gasteiger partial charge in [0.2, 0.25) is 5.91 Å². The number of rotatable bonds is 7. The first-order chi connectivity index (χ1) is 6.24. The molecule has 13 heavy (non-hydrogen) atoms. The van der Waals surface area contributed by atoms with E-state index in [1.807, 2.05) is 0 Å². The largest absolute Gasteiger partial charge is 0.396 e. The van der Waals surface area contributed by atoms with Gasteiger partial charge in [-0.15, -0.1) is 0 Å². The molecule has 1 atom stereocenters. The number of aliphatic hydroxyl groups excluding tert-OH is 1. The molecule has 0 aromatic carbocycles. The van der Waals surface area contributed by atoms with Crippen LogP contribution < -0.4 is 16.4 Å². The number of carbonyl (C=O) groups excluding carboxylic acids is 1. The molecule has 1 amide bonds. The zero-order valence-corrected chi connectivity index (χ0v) is 8.05. The van der Waals surface area contributed by atoms with Gasteiger partial charge in [0.25, 0.3) is 0 Å². The summed E-state index contributed by atoms with van der Waals surface area (Å²) >= 11 is 0. The van der Waals surface area contributed by atoms with Gasteiger partial charge in [0.1, 0.15) is 0 Å². The molecule has 0 aliphatic rings. The lowest BCUT2D eigenvalue weighted by Gasteiger charge is -2.15. The average Bonchev–Trinajstić information content (AvgIpc) is 2.16. The first-order valence-corrected chi connectivity index (χ1v) is 4.49. The van der Waals surface area contributed by atoms with Gasteiger partial charge in [0, 0.05) is 32.7 Å². The van der Waals surface area contributed by atoms with Gasteiger partial charge >= 0.3 is 0 Å². The molecular formula is C8H19N3O2. The van der Waals surface area contributed by atoms with Gasteiger partial charge in [-0.2, -0.15) is 0 Å². The van der Waals surface area contributed by atoms with Crippen molar-refractivity contribution in [3.05, 3.63) is 0 Å². The number of nitrogens with one attached hydrogen (secondary N) is 2. The van der Waals surface area contributed by atoms with Crippen LogP contribution in [0.1, 0.15) is 12.8 Å². The van der Waals surface area contributed by atoms with Crippen molar-refractivity contribution >= 4 is 5.91 Å². The van der Waals surface area contributed by atoms with Gasteiger partial charge in [-0.1, -0.05) is 0 Å². The van der Waals surface area contributed by atoms with Crippen LogP contribution in [-0.2, 0) is 4.79 Å². The third kappa shape index (κ3) is 6.51. The van der Waals surface area contributed by atoms with Crippen molar-refractivity contribution in [2.45, 2.75) is 18.9 Å². The number of amides is 1. The van der Waals surface area contributed by atoms with E-state index in [1.54, 1.807) is 7.05 Å². The molecule has 0 rings (SSSR count). The van der Waals surface area contributed by atoms with Crippen LogP contribution >= 0.6 is 0 Å². The van der Waals surface area contributed by atoms with E-state index in [0.717, 1.165) is 0 Å². The molecule has 0 saturated carbocycles. The molecule has 78 valence electrons. The molecule has 0 radical (unpaired) electrons. The number of carbonyl (C=O) groups is 1. The Morgan fingerprint density at radius 3 is 2.77 bits per heavy atom. The molecule has 0 saturated heterocycles. The average molecular weight is 189 g/mol. The summed E-state index contributed by atoms with van der Waals surface area (Å²) in [5.41, 5.74) is 5.45. The fourth-order valence-electron chi connectivity index (χ4n) is 0.950. The molecule has 0 aliphatic carbocycles. The van der Waals surface area contributed by atoms with Crippen molar-refractivity contribution in [2.75, 3.05) is 26.7 Å². The first kappa shape index (κ1) is 12.3. The first-order valence-electron chi connectivity index (χ1n) is 4.49. The Morgan fingerprint density at radius 1 is 1.62 bits per heavy atom. The Morgan fingerprint density at radius 2 is 2.31 bits per heavy atom. The number of aliphatic hydroxyl groups is 1. The van der Waals surface area contributed by atoms with E-state index in [0.29, 0.717) is 25.9 Å². The molecule has 0 spiro atoms. The van der Waals surface area contributed by atoms with Crippen molar-refractivity contribution in [1.29, 1.82) is 0 Å². The van der Waals surface area contributed by atoms with Gasteiger partial charge in [-0.05, 0) is 13.0 Å². The summed E-state index contributed by atoms with van der Waals surface area (Å²) in [4.78, 5) is 11.0. The lowest BCUT2D eigenvalue weighted by atomic mass is 10.2. The maximum absolute atomic E-state index is 11.0. The molecule has 5 N–H and O–H groups in total. The van der Waals surface area contributed by atoms with E-state index in [2.05, 4.69) is 10.6 Å². The Kier molecular flexibility index (Phi) is 7.57. The monoisotopic (exact) mass is 189 g/mol. The highest BCUT2D eigenvalue weighted by atomic mass is 16.3. The quantitative estimate of drug-likeness (QED) is 0.364. The van der Waals surface area contributed by atoms with Crippen molar-refractivity contribution in [2.24, 2.45) is 5.73 Å². The second kappa shape index (κ2) is 7.97. The molecule has 0 aromatic heterocycles. The number of hydrogen-bond acceptors (Lipinski definition) is 4. The van der Waals surface area contributed by atoms with Crippen LogP contribution in [0.4, 0.5) is 0 Å². The zero-order chi connectivity index (χ0) is 10.1. The number of hydrogen-bond donors (Lipinski definition) is 4. The van der Waals surface area contributed by atoms with Gasteiger partial charge in [-0.25, -0.2) is 0 Å². The van der Waals surface area contributed by atoms with Gasteiger partial charge < -0.3 is 21.5 Å². The summed E-state index contributed by atoms with van der Waals surface area (Å²) in [5, 5.41) is 14.2. The van der Waals surface area contributed by atoms with Crippen LogP contribution in [0.3, 0.4) is 0 Å². The minimum Gasteiger partial charge on any atom is -0.396 e. The highest BCUT2D eigenvalue weighted by molar-refractivity contribution is 5.76. The van der Waals surface area contributed by atoms with E-state index in [4.69, 9.17) is 10.8 Å². The van der Waals surface area contributed by atoms with Crippen molar-refractivity contribution < 1.29 is 9.90 Å². The summed E-state index contributed by atoms with van der Waals surface area (Å²) < 4.78 is 0. The summed E-state index contributed by atoms with van der Waals surface area (Å²) in [5.74, 6) is -0.0213. The predicted molar refractivity (Wildman–Crippen MR) is 51.2 cm³/mol. The molecule has 1 unspecified atom stereocenters. The Hall–Kier alpha value is -0.650. The van der Waals surface area contributed by atoms with Crippen LogP contribution in [0.2, 0.25) is 0 Å². The third-order valence-electron chi connectivity index (χ3n) is 1.76. The molecule has 5 heteroatoms. The second-order valence-electron chi connectivity index (χ2n) is 2.84. The normalized spacial score (nSPS) is 12.5. The zero-order valence-electron chi connectivity index (χ0n) is 8.05. The summed E-state index contributed by atoms with van der Waals surface area (Å²) in [6, 6.07) is 0.00602. The summed E-state index contributed by atoms with van der Waals surface area (Å²) in [6.45, 7) is 1.28. The lowest BCUT2D eigenvalue weighted by Crippen LogP contribution is -2.40. The van der Waals surface area contributed by atoms with Crippen molar-refractivity contribution in [1.82, 2.24) is 10.6 Å². The van der Waals surface area contributed by atoms with E-state index < -0.39 is 0 Å². The predicted octanol–water partition coefficient (Wildman–Crippen LogP) is -1.58. The van der Waals surface area contributed by atoms with E-state index >= 15 is 0 Å². The Bertz CT molecular complexity index is 141. The van der Waals surface area contributed by atoms with Gasteiger partial charge in [-0.3, -0.25) is 4.79 Å². The second-order valence-corrected chi connectivity index (χ2v) is 2.84. The highest BCUT2D eigenvalue weighted by Crippen LogP contribution is 1.89. The molecule has 0 heterocycles. The van der Waals surface area contributed by atoms with Crippen molar-refractivity contribution in [3.8, 4) is 0 Å². The van der Waals surface area contributed by atoms with Crippen LogP contribution in [0.25, 0.3) is 0 Å². The maximum atomic E-state index is 11.0. The Labute approximate surface area is 78.7 Å². The van der Waals surface area contributed by atoms with Crippen LogP contribution in [0.5, 0.6) is 0 Å². The highest BCUT2D eigenvalue weighted by Gasteiger charge is 2.09. The van der Waals surface area contributed by atoms with Gasteiger partial charge in [0.05, 0.1) is 0 Å². The maximum Gasteiger partial charge on any atom is 0.221 e.